The maximum atomic E-state index is 9.04. The monoisotopic (exact) mass is 214 g/mol. The smallest absolute Gasteiger partial charge is 0.390 e. The Labute approximate surface area is 72.4 Å². The van der Waals surface area contributed by atoms with Gasteiger partial charge in [0.25, 0.3) is 0 Å². The zero-order valence-electron chi connectivity index (χ0n) is 6.77. The summed E-state index contributed by atoms with van der Waals surface area (Å²) in [5, 5.41) is 0. The van der Waals surface area contributed by atoms with Crippen LogP contribution in [0.2, 0.25) is 12.1 Å². The first-order valence-electron chi connectivity index (χ1n) is 3.53. The fourth-order valence-electron chi connectivity index (χ4n) is 0.634. The van der Waals surface area contributed by atoms with Gasteiger partial charge in [-0.25, -0.2) is 0 Å². The average Bonchev–Trinajstić information content (AvgIpc) is 1.83. The molecular formula is C4H14O6Si2. The molecular weight excluding hydrogens is 200 g/mol. The van der Waals surface area contributed by atoms with Crippen LogP contribution in [0.4, 0.5) is 0 Å². The molecule has 0 amide bonds. The van der Waals surface area contributed by atoms with Gasteiger partial charge in [-0.3, -0.25) is 0 Å². The molecule has 0 spiro atoms. The van der Waals surface area contributed by atoms with Crippen LogP contribution in [-0.4, -0.2) is 48.2 Å². The van der Waals surface area contributed by atoms with Gasteiger partial charge in [0.1, 0.15) is 0 Å². The molecule has 74 valence electrons. The molecule has 0 saturated carbocycles. The van der Waals surface area contributed by atoms with Crippen molar-refractivity contribution in [2.45, 2.75) is 19.0 Å². The Bertz CT molecular complexity index is 132. The molecule has 0 unspecified atom stereocenters. The second-order valence-electron chi connectivity index (χ2n) is 2.45. The van der Waals surface area contributed by atoms with E-state index < -0.39 is 23.7 Å². The molecule has 0 heterocycles. The van der Waals surface area contributed by atoms with E-state index in [2.05, 4.69) is 4.43 Å². The zero-order chi connectivity index (χ0) is 9.83. The minimum atomic E-state index is -4.16. The average molecular weight is 214 g/mol. The molecule has 0 atom stereocenters. The van der Waals surface area contributed by atoms with E-state index >= 15 is 0 Å². The van der Waals surface area contributed by atoms with Crippen molar-refractivity contribution in [2.75, 3.05) is 6.61 Å². The van der Waals surface area contributed by atoms with Crippen molar-refractivity contribution in [3.8, 4) is 0 Å². The van der Waals surface area contributed by atoms with Crippen LogP contribution in [0.15, 0.2) is 0 Å². The van der Waals surface area contributed by atoms with Gasteiger partial charge in [-0.05, 0) is 6.92 Å². The normalized spacial score (nSPS) is 13.5. The van der Waals surface area contributed by atoms with Gasteiger partial charge in [-0.1, -0.05) is 0 Å². The van der Waals surface area contributed by atoms with Gasteiger partial charge in [-0.2, -0.15) is 0 Å². The molecule has 5 N–H and O–H groups in total. The molecule has 0 aromatic carbocycles. The highest BCUT2D eigenvalue weighted by Gasteiger charge is 2.38. The van der Waals surface area contributed by atoms with E-state index in [0.29, 0.717) is 0 Å². The fourth-order valence-corrected chi connectivity index (χ4v) is 3.88. The Morgan fingerprint density at radius 3 is 1.83 bits per heavy atom. The molecule has 0 aliphatic rings. The Morgan fingerprint density at radius 1 is 1.00 bits per heavy atom. The highest BCUT2D eigenvalue weighted by molar-refractivity contribution is 6.63. The van der Waals surface area contributed by atoms with Gasteiger partial charge in [0.2, 0.25) is 0 Å². The fraction of sp³-hybridized carbons (Fsp3) is 1.00. The second kappa shape index (κ2) is 4.44. The van der Waals surface area contributed by atoms with Crippen molar-refractivity contribution in [1.29, 1.82) is 0 Å². The van der Waals surface area contributed by atoms with Gasteiger partial charge >= 0.3 is 17.6 Å². The number of rotatable bonds is 5. The second-order valence-corrected chi connectivity index (χ2v) is 6.77. The molecule has 0 bridgehead atoms. The van der Waals surface area contributed by atoms with E-state index in [0.717, 1.165) is 0 Å². The van der Waals surface area contributed by atoms with E-state index in [9.17, 15) is 0 Å². The Hall–Kier alpha value is 0.194. The van der Waals surface area contributed by atoms with Crippen LogP contribution in [0.25, 0.3) is 0 Å². The van der Waals surface area contributed by atoms with Crippen LogP contribution in [0.1, 0.15) is 6.92 Å². The molecule has 0 saturated heterocycles. The molecule has 0 aliphatic heterocycles. The highest BCUT2D eigenvalue weighted by Crippen LogP contribution is 2.11. The van der Waals surface area contributed by atoms with Crippen molar-refractivity contribution in [3.05, 3.63) is 0 Å². The molecule has 8 heteroatoms. The van der Waals surface area contributed by atoms with E-state index in [1.165, 1.54) is 0 Å². The predicted octanol–water partition coefficient (Wildman–Crippen LogP) is -2.14. The third-order valence-corrected chi connectivity index (χ3v) is 4.23. The van der Waals surface area contributed by atoms with Crippen molar-refractivity contribution in [2.24, 2.45) is 0 Å². The minimum absolute atomic E-state index is 0.149. The van der Waals surface area contributed by atoms with Gasteiger partial charge < -0.3 is 28.4 Å². The Balaban J connectivity index is 3.75. The van der Waals surface area contributed by atoms with Crippen LogP contribution < -0.4 is 0 Å². The zero-order valence-corrected chi connectivity index (χ0v) is 8.77. The van der Waals surface area contributed by atoms with Crippen molar-refractivity contribution in [3.63, 3.8) is 0 Å². The lowest BCUT2D eigenvalue weighted by atomic mass is 10.9. The van der Waals surface area contributed by atoms with E-state index in [1.807, 2.05) is 0 Å². The summed E-state index contributed by atoms with van der Waals surface area (Å²) < 4.78 is 4.56. The van der Waals surface area contributed by atoms with Crippen LogP contribution in [0.5, 0.6) is 0 Å². The highest BCUT2D eigenvalue weighted by atomic mass is 28.4. The van der Waals surface area contributed by atoms with Gasteiger partial charge in [0, 0.05) is 18.7 Å². The molecule has 0 fully saturated rings. The van der Waals surface area contributed by atoms with E-state index in [4.69, 9.17) is 24.0 Å². The molecule has 0 aliphatic carbocycles. The lowest BCUT2D eigenvalue weighted by molar-refractivity contribution is 0.153. The summed E-state index contributed by atoms with van der Waals surface area (Å²) in [7, 11) is -7.92. The molecule has 0 aromatic heterocycles. The molecule has 12 heavy (non-hydrogen) atoms. The first kappa shape index (κ1) is 12.2. The van der Waals surface area contributed by atoms with Crippen LogP contribution >= 0.6 is 0 Å². The predicted molar refractivity (Wildman–Crippen MR) is 43.8 cm³/mol. The summed E-state index contributed by atoms with van der Waals surface area (Å²) in [4.78, 5) is 43.7. The van der Waals surface area contributed by atoms with Gasteiger partial charge in [-0.15, -0.1) is 0 Å². The number of hydrogen-bond donors (Lipinski definition) is 5. The standard InChI is InChI=1S/C4H14O6Si2/c1-2-10-12(8,9)4-3-11(5,6)7/h5-9H,2-4H2,1H3. The molecule has 0 aromatic rings. The van der Waals surface area contributed by atoms with E-state index in [-0.39, 0.29) is 12.7 Å². The third-order valence-electron chi connectivity index (χ3n) is 1.16. The number of hydrogen-bond acceptors (Lipinski definition) is 6. The summed E-state index contributed by atoms with van der Waals surface area (Å²) in [6.45, 7) is 1.74. The van der Waals surface area contributed by atoms with Crippen LogP contribution in [0.3, 0.4) is 0 Å². The first-order valence-corrected chi connectivity index (χ1v) is 7.58. The van der Waals surface area contributed by atoms with Gasteiger partial charge in [0.05, 0.1) is 0 Å². The SMILES string of the molecule is CCO[Si](O)(O)CC[Si](O)(O)O. The molecule has 0 rings (SSSR count). The maximum Gasteiger partial charge on any atom is 0.495 e. The van der Waals surface area contributed by atoms with E-state index in [1.54, 1.807) is 6.92 Å². The van der Waals surface area contributed by atoms with Crippen LogP contribution in [0, 0.1) is 0 Å². The Kier molecular flexibility index (Phi) is 4.51. The lowest BCUT2D eigenvalue weighted by Gasteiger charge is -2.18. The first-order chi connectivity index (χ1) is 5.27. The quantitative estimate of drug-likeness (QED) is 0.334. The summed E-state index contributed by atoms with van der Waals surface area (Å²) in [6.07, 6.45) is 0. The summed E-state index contributed by atoms with van der Waals surface area (Å²) in [5.74, 6) is 0. The molecule has 0 radical (unpaired) electrons. The lowest BCUT2D eigenvalue weighted by Crippen LogP contribution is -2.43. The third kappa shape index (κ3) is 6.88. The largest absolute Gasteiger partial charge is 0.495 e. The molecule has 6 nitrogen and oxygen atoms in total. The summed E-state index contributed by atoms with van der Waals surface area (Å²) in [6, 6.07) is -0.706. The van der Waals surface area contributed by atoms with Crippen molar-refractivity contribution < 1.29 is 28.4 Å². The van der Waals surface area contributed by atoms with Crippen LogP contribution in [-0.2, 0) is 4.43 Å². The van der Waals surface area contributed by atoms with Crippen molar-refractivity contribution in [1.82, 2.24) is 0 Å². The summed E-state index contributed by atoms with van der Waals surface area (Å²) >= 11 is 0. The maximum absolute atomic E-state index is 9.04. The van der Waals surface area contributed by atoms with Gasteiger partial charge in [0.15, 0.2) is 0 Å². The Morgan fingerprint density at radius 2 is 1.50 bits per heavy atom. The topological polar surface area (TPSA) is 110 Å². The minimum Gasteiger partial charge on any atom is -0.390 e. The van der Waals surface area contributed by atoms with Crippen molar-refractivity contribution >= 4 is 17.6 Å². The summed E-state index contributed by atoms with van der Waals surface area (Å²) in [5.41, 5.74) is 0.